The summed E-state index contributed by atoms with van der Waals surface area (Å²) >= 11 is 6.51. The summed E-state index contributed by atoms with van der Waals surface area (Å²) in [6, 6.07) is 15.4. The van der Waals surface area contributed by atoms with Gasteiger partial charge in [-0.25, -0.2) is 14.4 Å². The van der Waals surface area contributed by atoms with E-state index >= 15 is 4.39 Å². The van der Waals surface area contributed by atoms with Crippen molar-refractivity contribution in [3.05, 3.63) is 77.0 Å². The van der Waals surface area contributed by atoms with E-state index in [2.05, 4.69) is 20.5 Å². The normalized spacial score (nSPS) is 18.3. The fraction of sp³-hybridized carbons (Fsp3) is 0.280. The van der Waals surface area contributed by atoms with E-state index in [-0.39, 0.29) is 11.9 Å². The van der Waals surface area contributed by atoms with Crippen molar-refractivity contribution in [2.24, 2.45) is 0 Å². The van der Waals surface area contributed by atoms with E-state index in [1.807, 2.05) is 36.4 Å². The van der Waals surface area contributed by atoms with Crippen LogP contribution in [-0.2, 0) is 11.2 Å². The Balaban J connectivity index is 1.41. The summed E-state index contributed by atoms with van der Waals surface area (Å²) in [4.78, 5) is 11.5. The van der Waals surface area contributed by atoms with E-state index in [9.17, 15) is 0 Å². The minimum Gasteiger partial charge on any atom is -0.378 e. The lowest BCUT2D eigenvalue weighted by Crippen LogP contribution is -2.36. The molecule has 1 atom stereocenters. The predicted molar refractivity (Wildman–Crippen MR) is 124 cm³/mol. The van der Waals surface area contributed by atoms with Crippen LogP contribution in [0.1, 0.15) is 23.9 Å². The van der Waals surface area contributed by atoms with Crippen LogP contribution < -0.4 is 4.90 Å². The molecule has 2 aliphatic rings. The Labute approximate surface area is 190 Å². The molecular weight excluding hydrogens is 427 g/mol. The van der Waals surface area contributed by atoms with Gasteiger partial charge in [0, 0.05) is 47.9 Å². The molecule has 0 radical (unpaired) electrons. The highest BCUT2D eigenvalue weighted by molar-refractivity contribution is 6.31. The Morgan fingerprint density at radius 3 is 2.69 bits per heavy atom. The van der Waals surface area contributed by atoms with Gasteiger partial charge in [-0.3, -0.25) is 0 Å². The molecule has 4 aromatic rings. The average Bonchev–Trinajstić information content (AvgIpc) is 3.39. The highest BCUT2D eigenvalue weighted by atomic mass is 35.5. The number of fused-ring (bicyclic) bond motifs is 3. The Morgan fingerprint density at radius 2 is 1.91 bits per heavy atom. The number of halogens is 2. The van der Waals surface area contributed by atoms with Crippen molar-refractivity contribution in [2.45, 2.75) is 18.9 Å². The maximum atomic E-state index is 15.1. The van der Waals surface area contributed by atoms with Gasteiger partial charge >= 0.3 is 0 Å². The minimum absolute atomic E-state index is 0.101. The Kier molecular flexibility index (Phi) is 4.85. The van der Waals surface area contributed by atoms with Gasteiger partial charge in [0.2, 0.25) is 0 Å². The number of hydrogen-bond donors (Lipinski definition) is 0. The summed E-state index contributed by atoms with van der Waals surface area (Å²) in [6.45, 7) is 3.04. The molecule has 0 aliphatic carbocycles. The van der Waals surface area contributed by atoms with Gasteiger partial charge in [0.25, 0.3) is 0 Å². The summed E-state index contributed by atoms with van der Waals surface area (Å²) in [7, 11) is 0. The number of ether oxygens (including phenoxy) is 1. The zero-order valence-electron chi connectivity index (χ0n) is 17.5. The Hall–Kier alpha value is -2.96. The van der Waals surface area contributed by atoms with Gasteiger partial charge in [-0.05, 0) is 36.2 Å². The van der Waals surface area contributed by atoms with Crippen molar-refractivity contribution >= 4 is 28.5 Å². The van der Waals surface area contributed by atoms with Gasteiger partial charge in [0.05, 0.1) is 30.3 Å². The number of aromatic nitrogens is 3. The van der Waals surface area contributed by atoms with Crippen LogP contribution in [0.4, 0.5) is 10.2 Å². The molecule has 6 rings (SSSR count). The molecular formula is C25H22ClFN4O. The minimum atomic E-state index is -0.288. The largest absolute Gasteiger partial charge is 0.378 e. The van der Waals surface area contributed by atoms with Gasteiger partial charge in [0.1, 0.15) is 17.5 Å². The third-order valence-corrected chi connectivity index (χ3v) is 6.81. The zero-order valence-corrected chi connectivity index (χ0v) is 18.2. The van der Waals surface area contributed by atoms with E-state index in [4.69, 9.17) is 21.3 Å². The maximum absolute atomic E-state index is 15.1. The average molecular weight is 449 g/mol. The van der Waals surface area contributed by atoms with Crippen LogP contribution in [0.5, 0.6) is 0 Å². The summed E-state index contributed by atoms with van der Waals surface area (Å²) in [5, 5.41) is 0.748. The number of nitrogens with zero attached hydrogens (tertiary/aromatic N) is 4. The fourth-order valence-electron chi connectivity index (χ4n) is 4.87. The Bertz CT molecular complexity index is 1300. The number of morpholine rings is 1. The van der Waals surface area contributed by atoms with Gasteiger partial charge in [-0.2, -0.15) is 0 Å². The van der Waals surface area contributed by atoms with Crippen molar-refractivity contribution in [1.29, 1.82) is 0 Å². The second kappa shape index (κ2) is 7.87. The number of rotatable bonds is 3. The number of benzene rings is 2. The predicted octanol–water partition coefficient (Wildman–Crippen LogP) is 5.26. The first-order chi connectivity index (χ1) is 15.7. The van der Waals surface area contributed by atoms with Gasteiger partial charge in [0.15, 0.2) is 0 Å². The first-order valence-electron chi connectivity index (χ1n) is 10.9. The third-order valence-electron chi connectivity index (χ3n) is 6.46. The molecule has 2 aliphatic heterocycles. The molecule has 7 heteroatoms. The fourth-order valence-corrected chi connectivity index (χ4v) is 5.13. The lowest BCUT2D eigenvalue weighted by atomic mass is 10.0. The quantitative estimate of drug-likeness (QED) is 0.428. The van der Waals surface area contributed by atoms with Gasteiger partial charge in [-0.1, -0.05) is 29.8 Å². The van der Waals surface area contributed by atoms with Crippen LogP contribution in [0.3, 0.4) is 0 Å². The van der Waals surface area contributed by atoms with Crippen LogP contribution >= 0.6 is 11.6 Å². The lowest BCUT2D eigenvalue weighted by molar-refractivity contribution is 0.122. The molecule has 32 heavy (non-hydrogen) atoms. The molecule has 2 aromatic carbocycles. The third kappa shape index (κ3) is 3.26. The molecule has 4 heterocycles. The van der Waals surface area contributed by atoms with Crippen molar-refractivity contribution in [3.63, 3.8) is 0 Å². The van der Waals surface area contributed by atoms with Crippen LogP contribution in [0.15, 0.2) is 54.7 Å². The highest BCUT2D eigenvalue weighted by Crippen LogP contribution is 2.39. The van der Waals surface area contributed by atoms with E-state index in [1.165, 1.54) is 6.07 Å². The number of hydrogen-bond acceptors (Lipinski definition) is 4. The number of pyridine rings is 1. The number of aryl methyl sites for hydroxylation is 1. The molecule has 162 valence electrons. The van der Waals surface area contributed by atoms with Crippen molar-refractivity contribution in [1.82, 2.24) is 14.5 Å². The number of anilines is 1. The lowest BCUT2D eigenvalue weighted by Gasteiger charge is -2.27. The SMILES string of the molecule is Fc1cc2nc3n(c2cc1-c1ccc(N2CCOCC2)nc1)[C@@H](c1ccccc1Cl)CC3. The van der Waals surface area contributed by atoms with E-state index in [0.717, 1.165) is 59.2 Å². The van der Waals surface area contributed by atoms with Crippen LogP contribution in [0, 0.1) is 5.82 Å². The van der Waals surface area contributed by atoms with E-state index in [0.29, 0.717) is 24.3 Å². The second-order valence-electron chi connectivity index (χ2n) is 8.30. The first kappa shape index (κ1) is 19.7. The van der Waals surface area contributed by atoms with E-state index in [1.54, 1.807) is 6.20 Å². The number of imidazole rings is 1. The first-order valence-corrected chi connectivity index (χ1v) is 11.3. The van der Waals surface area contributed by atoms with Crippen molar-refractivity contribution < 1.29 is 9.13 Å². The van der Waals surface area contributed by atoms with Crippen LogP contribution in [0.2, 0.25) is 5.02 Å². The molecule has 0 N–H and O–H groups in total. The summed E-state index contributed by atoms with van der Waals surface area (Å²) in [6.07, 6.45) is 3.53. The standard InChI is InChI=1S/C25H22ClFN4O/c26-19-4-2-1-3-17(19)22-6-8-25-29-21-14-20(27)18(13-23(21)31(22)25)16-5-7-24(28-15-16)30-9-11-32-12-10-30/h1-5,7,13-15,22H,6,8-12H2/t22-/m1/s1. The van der Waals surface area contributed by atoms with Gasteiger partial charge in [-0.15, -0.1) is 0 Å². The van der Waals surface area contributed by atoms with Crippen LogP contribution in [0.25, 0.3) is 22.2 Å². The Morgan fingerprint density at radius 1 is 1.06 bits per heavy atom. The van der Waals surface area contributed by atoms with Crippen LogP contribution in [-0.4, -0.2) is 40.8 Å². The molecule has 0 unspecified atom stereocenters. The van der Waals surface area contributed by atoms with Crippen molar-refractivity contribution in [3.8, 4) is 11.1 Å². The highest BCUT2D eigenvalue weighted by Gasteiger charge is 2.29. The monoisotopic (exact) mass is 448 g/mol. The zero-order chi connectivity index (χ0) is 21.7. The molecule has 1 fully saturated rings. The van der Waals surface area contributed by atoms with Crippen molar-refractivity contribution in [2.75, 3.05) is 31.2 Å². The molecule has 1 saturated heterocycles. The molecule has 0 saturated carbocycles. The van der Waals surface area contributed by atoms with Gasteiger partial charge < -0.3 is 14.2 Å². The molecule has 5 nitrogen and oxygen atoms in total. The maximum Gasteiger partial charge on any atom is 0.133 e. The summed E-state index contributed by atoms with van der Waals surface area (Å²) in [5.74, 6) is 1.58. The molecule has 0 spiro atoms. The topological polar surface area (TPSA) is 43.2 Å². The molecule has 0 bridgehead atoms. The van der Waals surface area contributed by atoms with E-state index < -0.39 is 0 Å². The summed E-state index contributed by atoms with van der Waals surface area (Å²) < 4.78 is 22.7. The molecule has 2 aromatic heterocycles. The molecule has 0 amide bonds. The summed E-state index contributed by atoms with van der Waals surface area (Å²) in [5.41, 5.74) is 3.97. The second-order valence-corrected chi connectivity index (χ2v) is 8.71. The smallest absolute Gasteiger partial charge is 0.133 e.